The van der Waals surface area contributed by atoms with Crippen LogP contribution in [0.2, 0.25) is 0 Å². The summed E-state index contributed by atoms with van der Waals surface area (Å²) in [6, 6.07) is 10.6. The Kier molecular flexibility index (Phi) is 5.42. The molecular weight excluding hydrogens is 176 g/mol. The van der Waals surface area contributed by atoms with Gasteiger partial charge in [0.2, 0.25) is 0 Å². The van der Waals surface area contributed by atoms with Gasteiger partial charge in [-0.2, -0.15) is 0 Å². The third-order valence-corrected chi connectivity index (χ3v) is 2.74. The zero-order valence-electron chi connectivity index (χ0n) is 8.07. The van der Waals surface area contributed by atoms with Crippen molar-refractivity contribution in [2.75, 3.05) is 5.75 Å². The van der Waals surface area contributed by atoms with E-state index in [1.54, 1.807) is 0 Å². The van der Waals surface area contributed by atoms with Crippen LogP contribution in [0.1, 0.15) is 19.8 Å². The van der Waals surface area contributed by atoms with E-state index < -0.39 is 0 Å². The topological polar surface area (TPSA) is 0 Å². The van der Waals surface area contributed by atoms with E-state index in [4.69, 9.17) is 0 Å². The summed E-state index contributed by atoms with van der Waals surface area (Å²) in [5.41, 5.74) is 0. The summed E-state index contributed by atoms with van der Waals surface area (Å²) in [6.45, 7) is 2.17. The lowest BCUT2D eigenvalue weighted by molar-refractivity contribution is 1.16. The first-order chi connectivity index (χ1) is 6.43. The second-order valence-corrected chi connectivity index (χ2v) is 4.00. The molecule has 70 valence electrons. The molecule has 0 aliphatic heterocycles. The number of allylic oxidation sites excluding steroid dienone is 2. The van der Waals surface area contributed by atoms with Gasteiger partial charge in [-0.1, -0.05) is 37.3 Å². The molecular formula is C12H16S. The Bertz CT molecular complexity index is 239. The molecule has 0 spiro atoms. The van der Waals surface area contributed by atoms with E-state index in [2.05, 4.69) is 49.4 Å². The molecule has 0 nitrogen and oxygen atoms in total. The van der Waals surface area contributed by atoms with Crippen molar-refractivity contribution < 1.29 is 0 Å². The summed E-state index contributed by atoms with van der Waals surface area (Å²) in [5.74, 6) is 1.18. The van der Waals surface area contributed by atoms with Gasteiger partial charge in [0.15, 0.2) is 0 Å². The lowest BCUT2D eigenvalue weighted by Crippen LogP contribution is -1.75. The van der Waals surface area contributed by atoms with Gasteiger partial charge in [-0.25, -0.2) is 0 Å². The van der Waals surface area contributed by atoms with Crippen molar-refractivity contribution in [2.24, 2.45) is 0 Å². The molecule has 0 aliphatic carbocycles. The average Bonchev–Trinajstić information content (AvgIpc) is 2.19. The Hall–Kier alpha value is -0.690. The van der Waals surface area contributed by atoms with Gasteiger partial charge in [0.1, 0.15) is 0 Å². The van der Waals surface area contributed by atoms with Crippen LogP contribution in [-0.2, 0) is 0 Å². The lowest BCUT2D eigenvalue weighted by atomic mass is 10.4. The Balaban J connectivity index is 2.17. The minimum absolute atomic E-state index is 1.15. The molecule has 0 aliphatic rings. The van der Waals surface area contributed by atoms with Crippen LogP contribution in [-0.4, -0.2) is 5.75 Å². The normalized spacial score (nSPS) is 10.8. The Labute approximate surface area is 85.1 Å². The molecule has 1 aromatic carbocycles. The van der Waals surface area contributed by atoms with Crippen molar-refractivity contribution in [3.63, 3.8) is 0 Å². The molecule has 13 heavy (non-hydrogen) atoms. The first-order valence-corrected chi connectivity index (χ1v) is 5.75. The molecule has 0 saturated heterocycles. The molecule has 0 saturated carbocycles. The van der Waals surface area contributed by atoms with Crippen molar-refractivity contribution in [2.45, 2.75) is 24.7 Å². The van der Waals surface area contributed by atoms with Gasteiger partial charge >= 0.3 is 0 Å². The van der Waals surface area contributed by atoms with Crippen molar-refractivity contribution in [1.82, 2.24) is 0 Å². The number of rotatable bonds is 5. The van der Waals surface area contributed by atoms with Gasteiger partial charge in [0, 0.05) is 10.6 Å². The van der Waals surface area contributed by atoms with Crippen LogP contribution in [0.3, 0.4) is 0 Å². The number of benzene rings is 1. The standard InChI is InChI=1S/C12H16S/c1-2-3-4-8-11-13-12-9-6-5-7-10-12/h3-7,9-10H,2,8,11H2,1H3/b4-3+. The molecule has 0 atom stereocenters. The molecule has 0 unspecified atom stereocenters. The summed E-state index contributed by atoms with van der Waals surface area (Å²) < 4.78 is 0. The Morgan fingerprint density at radius 1 is 1.15 bits per heavy atom. The second kappa shape index (κ2) is 6.79. The molecule has 0 N–H and O–H groups in total. The largest absolute Gasteiger partial charge is 0.126 e. The summed E-state index contributed by atoms with van der Waals surface area (Å²) >= 11 is 1.92. The van der Waals surface area contributed by atoms with Crippen molar-refractivity contribution in [1.29, 1.82) is 0 Å². The molecule has 0 radical (unpaired) electrons. The SMILES string of the molecule is CC/C=C/CCSc1ccccc1. The summed E-state index contributed by atoms with van der Waals surface area (Å²) in [4.78, 5) is 1.37. The Morgan fingerprint density at radius 3 is 2.62 bits per heavy atom. The minimum Gasteiger partial charge on any atom is -0.126 e. The monoisotopic (exact) mass is 192 g/mol. The molecule has 1 heteroatoms. The zero-order valence-corrected chi connectivity index (χ0v) is 8.89. The van der Waals surface area contributed by atoms with E-state index in [0.29, 0.717) is 0 Å². The van der Waals surface area contributed by atoms with Gasteiger partial charge in [-0.05, 0) is 25.0 Å². The molecule has 1 aromatic rings. The lowest BCUT2D eigenvalue weighted by Gasteiger charge is -1.97. The maximum atomic E-state index is 2.26. The van der Waals surface area contributed by atoms with Gasteiger partial charge in [0.25, 0.3) is 0 Å². The van der Waals surface area contributed by atoms with Crippen LogP contribution < -0.4 is 0 Å². The first kappa shape index (κ1) is 10.4. The number of thioether (sulfide) groups is 1. The third kappa shape index (κ3) is 4.79. The summed E-state index contributed by atoms with van der Waals surface area (Å²) in [7, 11) is 0. The molecule has 1 rings (SSSR count). The van der Waals surface area contributed by atoms with E-state index in [1.807, 2.05) is 11.8 Å². The van der Waals surface area contributed by atoms with E-state index in [1.165, 1.54) is 17.1 Å². The fourth-order valence-corrected chi connectivity index (χ4v) is 1.89. The third-order valence-electron chi connectivity index (χ3n) is 1.70. The fourth-order valence-electron chi connectivity index (χ4n) is 1.05. The maximum Gasteiger partial charge on any atom is 0.00720 e. The Morgan fingerprint density at radius 2 is 1.92 bits per heavy atom. The van der Waals surface area contributed by atoms with Crippen LogP contribution in [0.25, 0.3) is 0 Å². The molecule has 0 fully saturated rings. The van der Waals surface area contributed by atoms with Gasteiger partial charge in [-0.3, -0.25) is 0 Å². The summed E-state index contributed by atoms with van der Waals surface area (Å²) in [5, 5.41) is 0. The van der Waals surface area contributed by atoms with Gasteiger partial charge in [-0.15, -0.1) is 11.8 Å². The number of hydrogen-bond acceptors (Lipinski definition) is 1. The van der Waals surface area contributed by atoms with Crippen LogP contribution in [0.15, 0.2) is 47.4 Å². The highest BCUT2D eigenvalue weighted by atomic mass is 32.2. The van der Waals surface area contributed by atoms with Crippen LogP contribution in [0, 0.1) is 0 Å². The number of hydrogen-bond donors (Lipinski definition) is 0. The van der Waals surface area contributed by atoms with E-state index >= 15 is 0 Å². The van der Waals surface area contributed by atoms with Crippen LogP contribution >= 0.6 is 11.8 Å². The van der Waals surface area contributed by atoms with Crippen LogP contribution in [0.5, 0.6) is 0 Å². The second-order valence-electron chi connectivity index (χ2n) is 2.83. The van der Waals surface area contributed by atoms with Crippen molar-refractivity contribution in [3.8, 4) is 0 Å². The molecule has 0 aromatic heterocycles. The summed E-state index contributed by atoms with van der Waals surface area (Å²) in [6.07, 6.45) is 6.81. The maximum absolute atomic E-state index is 2.26. The fraction of sp³-hybridized carbons (Fsp3) is 0.333. The van der Waals surface area contributed by atoms with Crippen LogP contribution in [0.4, 0.5) is 0 Å². The van der Waals surface area contributed by atoms with Crippen molar-refractivity contribution >= 4 is 11.8 Å². The first-order valence-electron chi connectivity index (χ1n) is 4.76. The zero-order chi connectivity index (χ0) is 9.36. The average molecular weight is 192 g/mol. The molecule has 0 amide bonds. The van der Waals surface area contributed by atoms with E-state index in [-0.39, 0.29) is 0 Å². The highest BCUT2D eigenvalue weighted by molar-refractivity contribution is 7.99. The predicted octanol–water partition coefficient (Wildman–Crippen LogP) is 4.14. The van der Waals surface area contributed by atoms with E-state index in [0.717, 1.165) is 6.42 Å². The quantitative estimate of drug-likeness (QED) is 0.384. The highest BCUT2D eigenvalue weighted by Crippen LogP contribution is 2.17. The molecule has 0 heterocycles. The smallest absolute Gasteiger partial charge is 0.00720 e. The minimum atomic E-state index is 1.15. The van der Waals surface area contributed by atoms with E-state index in [9.17, 15) is 0 Å². The van der Waals surface area contributed by atoms with Gasteiger partial charge < -0.3 is 0 Å². The van der Waals surface area contributed by atoms with Crippen molar-refractivity contribution in [3.05, 3.63) is 42.5 Å². The predicted molar refractivity (Wildman–Crippen MR) is 61.2 cm³/mol. The van der Waals surface area contributed by atoms with Gasteiger partial charge in [0.05, 0.1) is 0 Å². The highest BCUT2D eigenvalue weighted by Gasteiger charge is 1.89. The molecule has 0 bridgehead atoms.